The maximum Gasteiger partial charge on any atom is 0.244 e. The lowest BCUT2D eigenvalue weighted by Gasteiger charge is -2.20. The van der Waals surface area contributed by atoms with Gasteiger partial charge in [-0.1, -0.05) is 6.07 Å². The summed E-state index contributed by atoms with van der Waals surface area (Å²) >= 11 is 1.56. The molecule has 0 spiro atoms. The molecule has 2 N–H and O–H groups in total. The zero-order valence-electron chi connectivity index (χ0n) is 10.5. The average molecular weight is 277 g/mol. The third kappa shape index (κ3) is 3.81. The maximum absolute atomic E-state index is 11.6. The molecular weight excluding hydrogens is 262 g/mol. The molecule has 2 rings (SSSR count). The van der Waals surface area contributed by atoms with E-state index < -0.39 is 5.60 Å². The van der Waals surface area contributed by atoms with Crippen LogP contribution in [0.3, 0.4) is 0 Å². The first-order chi connectivity index (χ1) is 9.08. The number of rotatable bonds is 5. The number of aliphatic hydroxyl groups is 1. The Morgan fingerprint density at radius 3 is 3.00 bits per heavy atom. The predicted octanol–water partition coefficient (Wildman–Crippen LogP) is 2.38. The zero-order valence-corrected chi connectivity index (χ0v) is 11.3. The van der Waals surface area contributed by atoms with Gasteiger partial charge in [-0.15, -0.1) is 11.3 Å². The Morgan fingerprint density at radius 2 is 2.37 bits per heavy atom. The standard InChI is InChI=1S/C14H15NO3S/c1-14(17,12-5-2-8-18-12)10-15-13(16)7-6-11-4-3-9-19-11/h2-9,17H,10H2,1H3,(H,15,16)/b7-6+. The molecule has 1 amide bonds. The largest absolute Gasteiger partial charge is 0.466 e. The van der Waals surface area contributed by atoms with E-state index in [1.807, 2.05) is 17.5 Å². The van der Waals surface area contributed by atoms with E-state index in [1.54, 1.807) is 36.5 Å². The second-order valence-electron chi connectivity index (χ2n) is 4.32. The highest BCUT2D eigenvalue weighted by Gasteiger charge is 2.26. The normalized spacial score (nSPS) is 14.4. The summed E-state index contributed by atoms with van der Waals surface area (Å²) in [7, 11) is 0. The van der Waals surface area contributed by atoms with Crippen molar-refractivity contribution < 1.29 is 14.3 Å². The fraction of sp³-hybridized carbons (Fsp3) is 0.214. The molecule has 2 aromatic heterocycles. The predicted molar refractivity (Wildman–Crippen MR) is 74.6 cm³/mol. The quantitative estimate of drug-likeness (QED) is 0.825. The molecule has 2 aromatic rings. The minimum atomic E-state index is -1.21. The zero-order chi connectivity index (χ0) is 13.7. The number of carbonyl (C=O) groups excluding carboxylic acids is 1. The van der Waals surface area contributed by atoms with Gasteiger partial charge in [0.15, 0.2) is 0 Å². The Hall–Kier alpha value is -1.85. The summed E-state index contributed by atoms with van der Waals surface area (Å²) in [4.78, 5) is 12.6. The molecule has 4 nitrogen and oxygen atoms in total. The van der Waals surface area contributed by atoms with Crippen LogP contribution in [0.25, 0.3) is 6.08 Å². The smallest absolute Gasteiger partial charge is 0.244 e. The lowest BCUT2D eigenvalue weighted by atomic mass is 10.0. The van der Waals surface area contributed by atoms with Gasteiger partial charge in [0, 0.05) is 11.0 Å². The lowest BCUT2D eigenvalue weighted by Crippen LogP contribution is -2.37. The topological polar surface area (TPSA) is 62.5 Å². The molecule has 100 valence electrons. The minimum Gasteiger partial charge on any atom is -0.466 e. The third-order valence-electron chi connectivity index (χ3n) is 2.60. The minimum absolute atomic E-state index is 0.0914. The number of hydrogen-bond acceptors (Lipinski definition) is 4. The van der Waals surface area contributed by atoms with Crippen LogP contribution in [0.5, 0.6) is 0 Å². The summed E-state index contributed by atoms with van der Waals surface area (Å²) in [5.74, 6) is 0.176. The number of carbonyl (C=O) groups is 1. The van der Waals surface area contributed by atoms with Crippen molar-refractivity contribution in [2.75, 3.05) is 6.54 Å². The molecule has 0 aliphatic carbocycles. The number of furan rings is 1. The van der Waals surface area contributed by atoms with Crippen LogP contribution in [0.1, 0.15) is 17.6 Å². The van der Waals surface area contributed by atoms with Crippen molar-refractivity contribution in [2.24, 2.45) is 0 Å². The van der Waals surface area contributed by atoms with Gasteiger partial charge in [0.05, 0.1) is 12.8 Å². The molecule has 19 heavy (non-hydrogen) atoms. The molecule has 0 radical (unpaired) electrons. The van der Waals surface area contributed by atoms with Crippen LogP contribution >= 0.6 is 11.3 Å². The Labute approximate surface area is 115 Å². The SMILES string of the molecule is CC(O)(CNC(=O)/C=C/c1cccs1)c1ccco1. The molecule has 0 bridgehead atoms. The number of amides is 1. The second kappa shape index (κ2) is 5.86. The van der Waals surface area contributed by atoms with Gasteiger partial charge in [0.25, 0.3) is 0 Å². The van der Waals surface area contributed by atoms with Crippen molar-refractivity contribution in [1.82, 2.24) is 5.32 Å². The van der Waals surface area contributed by atoms with Crippen LogP contribution in [-0.2, 0) is 10.4 Å². The summed E-state index contributed by atoms with van der Waals surface area (Å²) in [6, 6.07) is 7.22. The van der Waals surface area contributed by atoms with Gasteiger partial charge in [0.2, 0.25) is 5.91 Å². The first-order valence-corrected chi connectivity index (χ1v) is 6.72. The second-order valence-corrected chi connectivity index (χ2v) is 5.30. The van der Waals surface area contributed by atoms with E-state index in [9.17, 15) is 9.90 Å². The van der Waals surface area contributed by atoms with Crippen LogP contribution in [0.15, 0.2) is 46.4 Å². The van der Waals surface area contributed by atoms with Gasteiger partial charge in [-0.3, -0.25) is 4.79 Å². The highest BCUT2D eigenvalue weighted by atomic mass is 32.1. The van der Waals surface area contributed by atoms with Crippen LogP contribution in [0, 0.1) is 0 Å². The molecule has 1 unspecified atom stereocenters. The highest BCUT2D eigenvalue weighted by molar-refractivity contribution is 7.10. The Morgan fingerprint density at radius 1 is 1.53 bits per heavy atom. The van der Waals surface area contributed by atoms with E-state index in [0.29, 0.717) is 5.76 Å². The van der Waals surface area contributed by atoms with Crippen molar-refractivity contribution in [3.05, 3.63) is 52.6 Å². The Balaban J connectivity index is 1.87. The molecule has 0 saturated carbocycles. The van der Waals surface area contributed by atoms with Crippen molar-refractivity contribution in [2.45, 2.75) is 12.5 Å². The molecule has 0 fully saturated rings. The summed E-state index contributed by atoms with van der Waals surface area (Å²) in [6.07, 6.45) is 4.67. The highest BCUT2D eigenvalue weighted by Crippen LogP contribution is 2.19. The van der Waals surface area contributed by atoms with Gasteiger partial charge in [-0.05, 0) is 36.6 Å². The fourth-order valence-electron chi connectivity index (χ4n) is 1.53. The summed E-state index contributed by atoms with van der Waals surface area (Å²) in [5, 5.41) is 14.7. The van der Waals surface area contributed by atoms with Gasteiger partial charge in [-0.2, -0.15) is 0 Å². The van der Waals surface area contributed by atoms with Gasteiger partial charge >= 0.3 is 0 Å². The Bertz CT molecular complexity index is 541. The average Bonchev–Trinajstić information content (AvgIpc) is 3.06. The van der Waals surface area contributed by atoms with Gasteiger partial charge in [-0.25, -0.2) is 0 Å². The van der Waals surface area contributed by atoms with Crippen molar-refractivity contribution in [1.29, 1.82) is 0 Å². The van der Waals surface area contributed by atoms with E-state index in [1.165, 1.54) is 12.3 Å². The molecule has 5 heteroatoms. The number of nitrogens with one attached hydrogen (secondary N) is 1. The summed E-state index contributed by atoms with van der Waals surface area (Å²) < 4.78 is 5.13. The van der Waals surface area contributed by atoms with Crippen LogP contribution in [0.2, 0.25) is 0 Å². The number of hydrogen-bond donors (Lipinski definition) is 2. The first kappa shape index (κ1) is 13.6. The van der Waals surface area contributed by atoms with Crippen LogP contribution < -0.4 is 5.32 Å². The van der Waals surface area contributed by atoms with E-state index in [4.69, 9.17) is 4.42 Å². The maximum atomic E-state index is 11.6. The Kier molecular flexibility index (Phi) is 4.19. The molecule has 0 saturated heterocycles. The monoisotopic (exact) mass is 277 g/mol. The van der Waals surface area contributed by atoms with Crippen LogP contribution in [0.4, 0.5) is 0 Å². The van der Waals surface area contributed by atoms with E-state index in [0.717, 1.165) is 4.88 Å². The van der Waals surface area contributed by atoms with E-state index >= 15 is 0 Å². The molecule has 0 aliphatic heterocycles. The van der Waals surface area contributed by atoms with E-state index in [2.05, 4.69) is 5.32 Å². The lowest BCUT2D eigenvalue weighted by molar-refractivity contribution is -0.117. The summed E-state index contributed by atoms with van der Waals surface area (Å²) in [6.45, 7) is 1.68. The van der Waals surface area contributed by atoms with Crippen molar-refractivity contribution in [3.63, 3.8) is 0 Å². The first-order valence-electron chi connectivity index (χ1n) is 5.84. The molecular formula is C14H15NO3S. The molecule has 2 heterocycles. The summed E-state index contributed by atoms with van der Waals surface area (Å²) in [5.41, 5.74) is -1.21. The fourth-order valence-corrected chi connectivity index (χ4v) is 2.15. The van der Waals surface area contributed by atoms with Crippen molar-refractivity contribution in [3.8, 4) is 0 Å². The van der Waals surface area contributed by atoms with Gasteiger partial charge in [0.1, 0.15) is 11.4 Å². The van der Waals surface area contributed by atoms with Crippen molar-refractivity contribution >= 4 is 23.3 Å². The van der Waals surface area contributed by atoms with Gasteiger partial charge < -0.3 is 14.8 Å². The molecule has 1 atom stereocenters. The third-order valence-corrected chi connectivity index (χ3v) is 3.44. The van der Waals surface area contributed by atoms with E-state index in [-0.39, 0.29) is 12.5 Å². The molecule has 0 aromatic carbocycles. The number of thiophene rings is 1. The van der Waals surface area contributed by atoms with Crippen LogP contribution in [-0.4, -0.2) is 17.6 Å². The molecule has 0 aliphatic rings.